The summed E-state index contributed by atoms with van der Waals surface area (Å²) in [6.07, 6.45) is -0.423. The zero-order valence-electron chi connectivity index (χ0n) is 17.1. The molecule has 0 aromatic heterocycles. The summed E-state index contributed by atoms with van der Waals surface area (Å²) < 4.78 is 10.5. The van der Waals surface area contributed by atoms with Crippen LogP contribution in [0, 0.1) is 6.92 Å². The van der Waals surface area contributed by atoms with E-state index in [-0.39, 0.29) is 24.0 Å². The maximum Gasteiger partial charge on any atom is 0.407 e. The van der Waals surface area contributed by atoms with Crippen LogP contribution < -0.4 is 20.7 Å². The first-order valence-electron chi connectivity index (χ1n) is 8.87. The lowest BCUT2D eigenvalue weighted by molar-refractivity contribution is 0.0529. The van der Waals surface area contributed by atoms with Gasteiger partial charge in [-0.15, -0.1) is 24.0 Å². The van der Waals surface area contributed by atoms with Crippen molar-refractivity contribution >= 4 is 36.0 Å². The summed E-state index contributed by atoms with van der Waals surface area (Å²) in [5.74, 6) is 1.55. The molecule has 1 aromatic rings. The van der Waals surface area contributed by atoms with Crippen LogP contribution in [-0.4, -0.2) is 44.4 Å². The number of benzene rings is 1. The van der Waals surface area contributed by atoms with Gasteiger partial charge in [0.15, 0.2) is 5.96 Å². The summed E-state index contributed by atoms with van der Waals surface area (Å²) in [6, 6.07) is 6.05. The maximum absolute atomic E-state index is 11.6. The van der Waals surface area contributed by atoms with Gasteiger partial charge < -0.3 is 25.4 Å². The van der Waals surface area contributed by atoms with E-state index in [4.69, 9.17) is 9.47 Å². The predicted molar refractivity (Wildman–Crippen MR) is 120 cm³/mol. The number of guanidine groups is 1. The molecule has 0 fully saturated rings. The fourth-order valence-corrected chi connectivity index (χ4v) is 2.13. The van der Waals surface area contributed by atoms with E-state index in [1.807, 2.05) is 52.8 Å². The summed E-state index contributed by atoms with van der Waals surface area (Å²) >= 11 is 0. The van der Waals surface area contributed by atoms with Crippen molar-refractivity contribution in [1.29, 1.82) is 0 Å². The van der Waals surface area contributed by atoms with E-state index in [1.54, 1.807) is 7.11 Å². The third kappa shape index (κ3) is 10.9. The molecule has 154 valence electrons. The van der Waals surface area contributed by atoms with Gasteiger partial charge in [-0.05, 0) is 51.8 Å². The van der Waals surface area contributed by atoms with Crippen molar-refractivity contribution < 1.29 is 14.3 Å². The summed E-state index contributed by atoms with van der Waals surface area (Å²) in [7, 11) is 1.67. The molecule has 0 aliphatic heterocycles. The third-order valence-electron chi connectivity index (χ3n) is 3.32. The van der Waals surface area contributed by atoms with Crippen LogP contribution in [0.3, 0.4) is 0 Å². The maximum atomic E-state index is 11.6. The van der Waals surface area contributed by atoms with E-state index in [1.165, 1.54) is 0 Å². The van der Waals surface area contributed by atoms with Crippen molar-refractivity contribution in [2.75, 3.05) is 26.7 Å². The second kappa shape index (κ2) is 12.6. The van der Waals surface area contributed by atoms with Crippen LogP contribution in [0.25, 0.3) is 0 Å². The molecule has 3 N–H and O–H groups in total. The average Bonchev–Trinajstić information content (AvgIpc) is 2.56. The Morgan fingerprint density at radius 1 is 1.15 bits per heavy atom. The minimum Gasteiger partial charge on any atom is -0.496 e. The number of aryl methyl sites for hydroxylation is 1. The molecule has 0 bridgehead atoms. The van der Waals surface area contributed by atoms with Gasteiger partial charge in [-0.1, -0.05) is 12.1 Å². The van der Waals surface area contributed by atoms with Crippen molar-refractivity contribution in [2.45, 2.75) is 46.8 Å². The second-order valence-electron chi connectivity index (χ2n) is 6.85. The molecule has 1 amide bonds. The second-order valence-corrected chi connectivity index (χ2v) is 6.85. The normalized spacial score (nSPS) is 11.3. The highest BCUT2D eigenvalue weighted by Crippen LogP contribution is 2.19. The Kier molecular flexibility index (Phi) is 11.8. The lowest BCUT2D eigenvalue weighted by atomic mass is 10.1. The Bertz CT molecular complexity index is 615. The minimum atomic E-state index is -0.497. The molecule has 0 saturated heterocycles. The number of alkyl carbamates (subject to hydrolysis) is 1. The zero-order chi connectivity index (χ0) is 19.6. The van der Waals surface area contributed by atoms with Crippen LogP contribution in [-0.2, 0) is 11.3 Å². The van der Waals surface area contributed by atoms with Crippen LogP contribution >= 0.6 is 24.0 Å². The number of nitrogens with zero attached hydrogens (tertiary/aromatic N) is 1. The first kappa shape index (κ1) is 25.3. The van der Waals surface area contributed by atoms with Gasteiger partial charge in [0.25, 0.3) is 0 Å². The van der Waals surface area contributed by atoms with Gasteiger partial charge in [0, 0.05) is 19.6 Å². The number of rotatable bonds is 7. The van der Waals surface area contributed by atoms with Crippen LogP contribution in [0.5, 0.6) is 5.75 Å². The van der Waals surface area contributed by atoms with Crippen molar-refractivity contribution in [3.63, 3.8) is 0 Å². The summed E-state index contributed by atoms with van der Waals surface area (Å²) in [5, 5.41) is 9.08. The molecular formula is C19H33IN4O3. The van der Waals surface area contributed by atoms with E-state index < -0.39 is 11.7 Å². The van der Waals surface area contributed by atoms with E-state index >= 15 is 0 Å². The Hall–Kier alpha value is -1.71. The molecule has 0 aliphatic rings. The molecule has 0 unspecified atom stereocenters. The lowest BCUT2D eigenvalue weighted by Gasteiger charge is -2.19. The summed E-state index contributed by atoms with van der Waals surface area (Å²) in [4.78, 5) is 16.2. The Labute approximate surface area is 179 Å². The number of nitrogens with one attached hydrogen (secondary N) is 3. The number of methoxy groups -OCH3 is 1. The Morgan fingerprint density at radius 2 is 1.81 bits per heavy atom. The highest BCUT2D eigenvalue weighted by Gasteiger charge is 2.15. The molecular weight excluding hydrogens is 459 g/mol. The Morgan fingerprint density at radius 3 is 2.41 bits per heavy atom. The first-order chi connectivity index (χ1) is 12.2. The lowest BCUT2D eigenvalue weighted by Crippen LogP contribution is -2.42. The summed E-state index contributed by atoms with van der Waals surface area (Å²) in [6.45, 7) is 11.8. The molecule has 8 heteroatoms. The highest BCUT2D eigenvalue weighted by atomic mass is 127. The third-order valence-corrected chi connectivity index (χ3v) is 3.32. The van der Waals surface area contributed by atoms with Gasteiger partial charge in [-0.25, -0.2) is 9.79 Å². The van der Waals surface area contributed by atoms with Crippen LogP contribution in [0.2, 0.25) is 0 Å². The van der Waals surface area contributed by atoms with Gasteiger partial charge >= 0.3 is 6.09 Å². The number of halogens is 1. The molecule has 0 atom stereocenters. The van der Waals surface area contributed by atoms with Crippen LogP contribution in [0.1, 0.15) is 38.8 Å². The minimum absolute atomic E-state index is 0. The Balaban J connectivity index is 0.00000676. The van der Waals surface area contributed by atoms with Crippen molar-refractivity contribution in [3.8, 4) is 5.75 Å². The molecule has 0 saturated carbocycles. The van der Waals surface area contributed by atoms with Gasteiger partial charge in [-0.3, -0.25) is 0 Å². The molecule has 0 radical (unpaired) electrons. The predicted octanol–water partition coefficient (Wildman–Crippen LogP) is 3.20. The number of carbonyl (C=O) groups excluding carboxylic acids is 1. The van der Waals surface area contributed by atoms with E-state index in [0.717, 1.165) is 23.4 Å². The first-order valence-corrected chi connectivity index (χ1v) is 8.87. The molecule has 1 aromatic carbocycles. The van der Waals surface area contributed by atoms with Crippen molar-refractivity contribution in [2.24, 2.45) is 4.99 Å². The van der Waals surface area contributed by atoms with E-state index in [2.05, 4.69) is 20.9 Å². The fraction of sp³-hybridized carbons (Fsp3) is 0.579. The number of hydrogen-bond donors (Lipinski definition) is 3. The monoisotopic (exact) mass is 492 g/mol. The van der Waals surface area contributed by atoms with Gasteiger partial charge in [0.2, 0.25) is 0 Å². The summed E-state index contributed by atoms with van der Waals surface area (Å²) in [5.41, 5.74) is 1.67. The quantitative estimate of drug-likeness (QED) is 0.236. The largest absolute Gasteiger partial charge is 0.496 e. The fourth-order valence-electron chi connectivity index (χ4n) is 2.13. The van der Waals surface area contributed by atoms with Crippen molar-refractivity contribution in [3.05, 3.63) is 29.3 Å². The van der Waals surface area contributed by atoms with Crippen molar-refractivity contribution in [1.82, 2.24) is 16.0 Å². The number of carbonyl (C=O) groups is 1. The highest BCUT2D eigenvalue weighted by molar-refractivity contribution is 14.0. The van der Waals surface area contributed by atoms with Gasteiger partial charge in [0.05, 0.1) is 13.7 Å². The number of amides is 1. The van der Waals surface area contributed by atoms with Crippen LogP contribution in [0.15, 0.2) is 23.2 Å². The standard InChI is InChI=1S/C19H32N4O3.HI/c1-7-20-17(21-10-11-22-18(24)26-19(3,4)5)23-13-15-9-8-14(2)16(12-15)25-6;/h8-9,12H,7,10-11,13H2,1-6H3,(H,22,24)(H2,20,21,23);1H. The topological polar surface area (TPSA) is 84.0 Å². The number of ether oxygens (including phenoxy) is 2. The molecule has 1 rings (SSSR count). The SMILES string of the molecule is CCNC(=NCc1ccc(C)c(OC)c1)NCCNC(=O)OC(C)(C)C.I. The molecule has 0 aliphatic carbocycles. The van der Waals surface area contributed by atoms with Gasteiger partial charge in [0.1, 0.15) is 11.4 Å². The molecule has 0 spiro atoms. The van der Waals surface area contributed by atoms with E-state index in [9.17, 15) is 4.79 Å². The molecule has 7 nitrogen and oxygen atoms in total. The van der Waals surface area contributed by atoms with E-state index in [0.29, 0.717) is 25.6 Å². The average molecular weight is 492 g/mol. The van der Waals surface area contributed by atoms with Crippen LogP contribution in [0.4, 0.5) is 4.79 Å². The smallest absolute Gasteiger partial charge is 0.407 e. The number of aliphatic imine (C=N–C) groups is 1. The molecule has 27 heavy (non-hydrogen) atoms. The molecule has 0 heterocycles. The number of hydrogen-bond acceptors (Lipinski definition) is 4. The van der Waals surface area contributed by atoms with Gasteiger partial charge in [-0.2, -0.15) is 0 Å². The zero-order valence-corrected chi connectivity index (χ0v) is 19.5.